The van der Waals surface area contributed by atoms with Gasteiger partial charge in [-0.3, -0.25) is 4.98 Å². The minimum atomic E-state index is -3.62. The van der Waals surface area contributed by atoms with Crippen molar-refractivity contribution in [3.8, 4) is 0 Å². The van der Waals surface area contributed by atoms with Gasteiger partial charge in [0.1, 0.15) is 16.4 Å². The van der Waals surface area contributed by atoms with E-state index in [0.29, 0.717) is 10.2 Å². The molecule has 1 atom stereocenters. The second kappa shape index (κ2) is 5.44. The van der Waals surface area contributed by atoms with Crippen LogP contribution in [0.15, 0.2) is 44.4 Å². The predicted molar refractivity (Wildman–Crippen MR) is 74.1 cm³/mol. The lowest BCUT2D eigenvalue weighted by atomic mass is 10.3. The molecule has 5 nitrogen and oxygen atoms in total. The van der Waals surface area contributed by atoms with Crippen LogP contribution in [0.4, 0.5) is 0 Å². The minimum Gasteiger partial charge on any atom is -0.465 e. The van der Waals surface area contributed by atoms with E-state index in [2.05, 4.69) is 25.6 Å². The lowest BCUT2D eigenvalue weighted by Gasteiger charge is -2.12. The number of aromatic nitrogens is 1. The van der Waals surface area contributed by atoms with Crippen molar-refractivity contribution in [1.82, 2.24) is 9.71 Å². The third kappa shape index (κ3) is 3.43. The molecule has 1 unspecified atom stereocenters. The van der Waals surface area contributed by atoms with Gasteiger partial charge in [0.05, 0.1) is 6.04 Å². The van der Waals surface area contributed by atoms with E-state index in [1.54, 1.807) is 19.1 Å². The molecule has 0 saturated carbocycles. The molecular weight excluding hydrogens is 332 g/mol. The molecule has 7 heteroatoms. The standard InChI is InChI=1S/C12H13BrN2O3S/c1-8-3-4-12(18-8)9(2)15-19(16,17)11-5-10(13)6-14-7-11/h3-7,9,15H,1-2H3. The number of hydrogen-bond donors (Lipinski definition) is 1. The number of rotatable bonds is 4. The summed E-state index contributed by atoms with van der Waals surface area (Å²) in [4.78, 5) is 3.95. The maximum absolute atomic E-state index is 12.2. The van der Waals surface area contributed by atoms with Gasteiger partial charge >= 0.3 is 0 Å². The van der Waals surface area contributed by atoms with Gasteiger partial charge in [-0.05, 0) is 48.0 Å². The van der Waals surface area contributed by atoms with Crippen LogP contribution in [0.1, 0.15) is 24.5 Å². The van der Waals surface area contributed by atoms with Crippen molar-refractivity contribution >= 4 is 26.0 Å². The topological polar surface area (TPSA) is 72.2 Å². The van der Waals surface area contributed by atoms with E-state index in [1.807, 2.05) is 6.92 Å². The van der Waals surface area contributed by atoms with Crippen LogP contribution < -0.4 is 4.72 Å². The Balaban J connectivity index is 2.22. The van der Waals surface area contributed by atoms with Gasteiger partial charge in [-0.2, -0.15) is 0 Å². The Morgan fingerprint density at radius 1 is 1.37 bits per heavy atom. The van der Waals surface area contributed by atoms with Crippen LogP contribution >= 0.6 is 15.9 Å². The monoisotopic (exact) mass is 344 g/mol. The second-order valence-electron chi connectivity index (χ2n) is 4.13. The van der Waals surface area contributed by atoms with Crippen LogP contribution in [0.25, 0.3) is 0 Å². The maximum Gasteiger partial charge on any atom is 0.242 e. The van der Waals surface area contributed by atoms with Gasteiger partial charge in [0.2, 0.25) is 10.0 Å². The lowest BCUT2D eigenvalue weighted by molar-refractivity contribution is 0.441. The smallest absolute Gasteiger partial charge is 0.242 e. The van der Waals surface area contributed by atoms with Gasteiger partial charge in [0, 0.05) is 16.9 Å². The van der Waals surface area contributed by atoms with E-state index in [4.69, 9.17) is 4.42 Å². The van der Waals surface area contributed by atoms with Gasteiger partial charge in [0.25, 0.3) is 0 Å². The molecule has 102 valence electrons. The summed E-state index contributed by atoms with van der Waals surface area (Å²) in [6.45, 7) is 3.53. The number of hydrogen-bond acceptors (Lipinski definition) is 4. The summed E-state index contributed by atoms with van der Waals surface area (Å²) < 4.78 is 32.9. The zero-order valence-corrected chi connectivity index (χ0v) is 12.8. The molecule has 0 saturated heterocycles. The first kappa shape index (κ1) is 14.2. The van der Waals surface area contributed by atoms with Crippen LogP contribution in [0.2, 0.25) is 0 Å². The van der Waals surface area contributed by atoms with E-state index < -0.39 is 16.1 Å². The number of sulfonamides is 1. The Morgan fingerprint density at radius 3 is 2.68 bits per heavy atom. The maximum atomic E-state index is 12.2. The Bertz CT molecular complexity index is 682. The molecule has 1 N–H and O–H groups in total. The summed E-state index contributed by atoms with van der Waals surface area (Å²) in [5.41, 5.74) is 0. The molecule has 0 aliphatic heterocycles. The van der Waals surface area contributed by atoms with E-state index >= 15 is 0 Å². The largest absolute Gasteiger partial charge is 0.465 e. The van der Waals surface area contributed by atoms with Crippen molar-refractivity contribution in [3.63, 3.8) is 0 Å². The highest BCUT2D eigenvalue weighted by Gasteiger charge is 2.20. The highest BCUT2D eigenvalue weighted by molar-refractivity contribution is 9.10. The fourth-order valence-electron chi connectivity index (χ4n) is 1.58. The summed E-state index contributed by atoms with van der Waals surface area (Å²) in [6.07, 6.45) is 2.82. The zero-order valence-electron chi connectivity index (χ0n) is 10.4. The molecule has 2 aromatic rings. The number of aryl methyl sites for hydroxylation is 1. The fraction of sp³-hybridized carbons (Fsp3) is 0.250. The van der Waals surface area contributed by atoms with Gasteiger partial charge in [0.15, 0.2) is 0 Å². The van der Waals surface area contributed by atoms with Crippen molar-refractivity contribution in [1.29, 1.82) is 0 Å². The molecule has 0 aliphatic carbocycles. The SMILES string of the molecule is Cc1ccc(C(C)NS(=O)(=O)c2cncc(Br)c2)o1. The average molecular weight is 345 g/mol. The summed E-state index contributed by atoms with van der Waals surface area (Å²) in [6, 6.07) is 4.59. The summed E-state index contributed by atoms with van der Waals surface area (Å²) in [7, 11) is -3.62. The van der Waals surface area contributed by atoms with Crippen LogP contribution in [-0.2, 0) is 10.0 Å². The van der Waals surface area contributed by atoms with E-state index in [1.165, 1.54) is 18.5 Å². The van der Waals surface area contributed by atoms with Crippen LogP contribution in [0, 0.1) is 6.92 Å². The first-order valence-electron chi connectivity index (χ1n) is 5.58. The zero-order chi connectivity index (χ0) is 14.0. The molecule has 0 fully saturated rings. The molecule has 0 aliphatic rings. The quantitative estimate of drug-likeness (QED) is 0.925. The number of furan rings is 1. The number of nitrogens with one attached hydrogen (secondary N) is 1. The van der Waals surface area contributed by atoms with Crippen molar-refractivity contribution in [3.05, 3.63) is 46.6 Å². The summed E-state index contributed by atoms with van der Waals surface area (Å²) in [5.74, 6) is 1.31. The molecule has 2 heterocycles. The number of pyridine rings is 1. The molecule has 19 heavy (non-hydrogen) atoms. The fourth-order valence-corrected chi connectivity index (χ4v) is 3.30. The van der Waals surface area contributed by atoms with Crippen LogP contribution in [-0.4, -0.2) is 13.4 Å². The van der Waals surface area contributed by atoms with E-state index in [-0.39, 0.29) is 4.90 Å². The highest BCUT2D eigenvalue weighted by Crippen LogP contribution is 2.20. The van der Waals surface area contributed by atoms with Crippen molar-refractivity contribution in [2.45, 2.75) is 24.8 Å². The third-order valence-electron chi connectivity index (χ3n) is 2.51. The van der Waals surface area contributed by atoms with Gasteiger partial charge in [-0.25, -0.2) is 13.1 Å². The average Bonchev–Trinajstić information content (AvgIpc) is 2.75. The minimum absolute atomic E-state index is 0.108. The number of nitrogens with zero attached hydrogens (tertiary/aromatic N) is 1. The summed E-state index contributed by atoms with van der Waals surface area (Å²) in [5, 5.41) is 0. The van der Waals surface area contributed by atoms with Gasteiger partial charge in [-0.1, -0.05) is 0 Å². The summed E-state index contributed by atoms with van der Waals surface area (Å²) >= 11 is 3.20. The molecule has 2 aromatic heterocycles. The predicted octanol–water partition coefficient (Wildman–Crippen LogP) is 2.79. The third-order valence-corrected chi connectivity index (χ3v) is 4.45. The van der Waals surface area contributed by atoms with Crippen LogP contribution in [0.5, 0.6) is 0 Å². The molecular formula is C12H13BrN2O3S. The Hall–Kier alpha value is -1.18. The normalized spacial score (nSPS) is 13.4. The molecule has 0 radical (unpaired) electrons. The molecule has 0 bridgehead atoms. The molecule has 0 aromatic carbocycles. The molecule has 0 spiro atoms. The van der Waals surface area contributed by atoms with E-state index in [0.717, 1.165) is 5.76 Å². The van der Waals surface area contributed by atoms with Crippen molar-refractivity contribution in [2.24, 2.45) is 0 Å². The Morgan fingerprint density at radius 2 is 2.11 bits per heavy atom. The van der Waals surface area contributed by atoms with Crippen molar-refractivity contribution in [2.75, 3.05) is 0 Å². The van der Waals surface area contributed by atoms with Gasteiger partial charge < -0.3 is 4.42 Å². The van der Waals surface area contributed by atoms with E-state index in [9.17, 15) is 8.42 Å². The Kier molecular flexibility index (Phi) is 4.07. The van der Waals surface area contributed by atoms with Gasteiger partial charge in [-0.15, -0.1) is 0 Å². The first-order valence-corrected chi connectivity index (χ1v) is 7.85. The molecule has 0 amide bonds. The molecule has 2 rings (SSSR count). The lowest BCUT2D eigenvalue weighted by Crippen LogP contribution is -2.26. The Labute approximate surface area is 120 Å². The van der Waals surface area contributed by atoms with Crippen LogP contribution in [0.3, 0.4) is 0 Å². The number of halogens is 1. The first-order chi connectivity index (χ1) is 8.88. The second-order valence-corrected chi connectivity index (χ2v) is 6.76. The highest BCUT2D eigenvalue weighted by atomic mass is 79.9. The van der Waals surface area contributed by atoms with Crippen molar-refractivity contribution < 1.29 is 12.8 Å².